The molecule has 142 valence electrons. The summed E-state index contributed by atoms with van der Waals surface area (Å²) in [5.41, 5.74) is 9.50. The maximum atomic E-state index is 11.1. The number of nitrogens with zero attached hydrogens (tertiary/aromatic N) is 1. The third kappa shape index (κ3) is 3.45. The second kappa shape index (κ2) is 7.31. The van der Waals surface area contributed by atoms with E-state index in [4.69, 9.17) is 5.11 Å². The highest BCUT2D eigenvalue weighted by molar-refractivity contribution is 5.87. The first-order valence-electron chi connectivity index (χ1n) is 9.65. The first kappa shape index (κ1) is 18.8. The number of hydrogen-bond donors (Lipinski definition) is 3. The highest BCUT2D eigenvalue weighted by Gasteiger charge is 2.35. The van der Waals surface area contributed by atoms with Crippen LogP contribution in [0.4, 0.5) is 0 Å². The Bertz CT molecular complexity index is 713. The number of carbonyl (C=O) groups is 1. The second-order valence-electron chi connectivity index (χ2n) is 8.08. The highest BCUT2D eigenvalue weighted by atomic mass is 16.4. The minimum Gasteiger partial charge on any atom is -0.478 e. The lowest BCUT2D eigenvalue weighted by molar-refractivity contribution is -0.132. The molecule has 3 aliphatic rings. The standard InChI is InChI=1S/C21H31N3O2/c1-12(2)20-14(5)19(23-24(20)13(3)4)18-11-10-17(22-18)15-6-8-16(9-7-15)21(25)26/h6,8,11-13,17,19,22-23H,7,9-10H2,1-5H3,(H,25,26). The molecule has 0 bridgehead atoms. The summed E-state index contributed by atoms with van der Waals surface area (Å²) in [5, 5.41) is 15.1. The maximum Gasteiger partial charge on any atom is 0.331 e. The van der Waals surface area contributed by atoms with E-state index in [0.29, 0.717) is 24.0 Å². The van der Waals surface area contributed by atoms with E-state index in [1.54, 1.807) is 6.08 Å². The maximum absolute atomic E-state index is 11.1. The first-order chi connectivity index (χ1) is 12.3. The van der Waals surface area contributed by atoms with Crippen LogP contribution in [0.1, 0.15) is 53.9 Å². The molecule has 0 spiro atoms. The van der Waals surface area contributed by atoms with Crippen LogP contribution in [0, 0.1) is 5.92 Å². The van der Waals surface area contributed by atoms with E-state index in [2.05, 4.69) is 56.4 Å². The summed E-state index contributed by atoms with van der Waals surface area (Å²) in [4.78, 5) is 11.1. The molecular formula is C21H31N3O2. The Morgan fingerprint density at radius 1 is 1.23 bits per heavy atom. The lowest BCUT2D eigenvalue weighted by atomic mass is 9.93. The van der Waals surface area contributed by atoms with Crippen molar-refractivity contribution in [3.63, 3.8) is 0 Å². The van der Waals surface area contributed by atoms with Gasteiger partial charge in [-0.05, 0) is 57.1 Å². The fourth-order valence-corrected chi connectivity index (χ4v) is 4.24. The second-order valence-corrected chi connectivity index (χ2v) is 8.08. The summed E-state index contributed by atoms with van der Waals surface area (Å²) in [7, 11) is 0. The quantitative estimate of drug-likeness (QED) is 0.703. The van der Waals surface area contributed by atoms with Crippen LogP contribution in [0.5, 0.6) is 0 Å². The lowest BCUT2D eigenvalue weighted by Gasteiger charge is -2.30. The molecular weight excluding hydrogens is 326 g/mol. The molecule has 0 fully saturated rings. The van der Waals surface area contributed by atoms with Crippen molar-refractivity contribution in [2.45, 2.75) is 72.0 Å². The fraction of sp³-hybridized carbons (Fsp3) is 0.571. The molecule has 0 saturated carbocycles. The normalized spacial score (nSPS) is 26.3. The van der Waals surface area contributed by atoms with Gasteiger partial charge in [-0.1, -0.05) is 32.1 Å². The summed E-state index contributed by atoms with van der Waals surface area (Å²) in [6, 6.07) is 0.890. The average Bonchev–Trinajstić information content (AvgIpc) is 3.19. The predicted molar refractivity (Wildman–Crippen MR) is 104 cm³/mol. The number of carboxylic acids is 1. The molecule has 5 nitrogen and oxygen atoms in total. The van der Waals surface area contributed by atoms with Crippen LogP contribution in [0.15, 0.2) is 46.3 Å². The molecule has 0 aromatic heterocycles. The van der Waals surface area contributed by atoms with E-state index in [-0.39, 0.29) is 12.1 Å². The van der Waals surface area contributed by atoms with E-state index >= 15 is 0 Å². The minimum absolute atomic E-state index is 0.203. The van der Waals surface area contributed by atoms with Crippen LogP contribution in [-0.4, -0.2) is 34.2 Å². The molecule has 0 saturated heterocycles. The van der Waals surface area contributed by atoms with Gasteiger partial charge in [0.15, 0.2) is 0 Å². The van der Waals surface area contributed by atoms with Crippen molar-refractivity contribution >= 4 is 5.97 Å². The topological polar surface area (TPSA) is 64.6 Å². The molecule has 26 heavy (non-hydrogen) atoms. The Morgan fingerprint density at radius 2 is 1.96 bits per heavy atom. The molecule has 1 aliphatic carbocycles. The zero-order valence-electron chi connectivity index (χ0n) is 16.5. The Kier molecular flexibility index (Phi) is 5.28. The van der Waals surface area contributed by atoms with E-state index in [1.165, 1.54) is 22.5 Å². The Balaban J connectivity index is 1.72. The van der Waals surface area contributed by atoms with Crippen molar-refractivity contribution in [2.75, 3.05) is 0 Å². The van der Waals surface area contributed by atoms with Crippen LogP contribution in [0.2, 0.25) is 0 Å². The van der Waals surface area contributed by atoms with Gasteiger partial charge in [-0.3, -0.25) is 0 Å². The van der Waals surface area contributed by atoms with Gasteiger partial charge in [0.25, 0.3) is 0 Å². The van der Waals surface area contributed by atoms with Crippen molar-refractivity contribution in [3.05, 3.63) is 46.3 Å². The number of allylic oxidation sites excluding steroid dienone is 3. The van der Waals surface area contributed by atoms with Gasteiger partial charge in [-0.25, -0.2) is 10.2 Å². The van der Waals surface area contributed by atoms with E-state index in [0.717, 1.165) is 12.8 Å². The zero-order valence-corrected chi connectivity index (χ0v) is 16.5. The summed E-state index contributed by atoms with van der Waals surface area (Å²) < 4.78 is 0. The van der Waals surface area contributed by atoms with Crippen molar-refractivity contribution < 1.29 is 9.90 Å². The summed E-state index contributed by atoms with van der Waals surface area (Å²) in [5.74, 6) is -0.322. The number of nitrogens with one attached hydrogen (secondary N) is 2. The summed E-state index contributed by atoms with van der Waals surface area (Å²) in [6.45, 7) is 11.1. The highest BCUT2D eigenvalue weighted by Crippen LogP contribution is 2.34. The van der Waals surface area contributed by atoms with E-state index in [9.17, 15) is 4.79 Å². The van der Waals surface area contributed by atoms with E-state index in [1.807, 2.05) is 6.08 Å². The lowest BCUT2D eigenvalue weighted by Crippen LogP contribution is -2.45. The van der Waals surface area contributed by atoms with Gasteiger partial charge < -0.3 is 15.4 Å². The molecule has 0 aromatic rings. The molecule has 2 aliphatic heterocycles. The number of rotatable bonds is 5. The largest absolute Gasteiger partial charge is 0.478 e. The van der Waals surface area contributed by atoms with Crippen LogP contribution in [0.25, 0.3) is 0 Å². The van der Waals surface area contributed by atoms with Gasteiger partial charge in [-0.15, -0.1) is 0 Å². The van der Waals surface area contributed by atoms with E-state index < -0.39 is 5.97 Å². The molecule has 2 atom stereocenters. The van der Waals surface area contributed by atoms with Crippen molar-refractivity contribution in [1.29, 1.82) is 0 Å². The Morgan fingerprint density at radius 3 is 2.46 bits per heavy atom. The molecule has 0 aromatic carbocycles. The molecule has 2 heterocycles. The number of aliphatic carboxylic acids is 1. The average molecular weight is 357 g/mol. The molecule has 3 N–H and O–H groups in total. The third-order valence-electron chi connectivity index (χ3n) is 5.56. The number of hydrogen-bond acceptors (Lipinski definition) is 4. The SMILES string of the molecule is CC1=C(C(C)C)N(C(C)C)NC1C1=CCC(C2=CC=C(C(=O)O)CC2)N1. The molecule has 3 rings (SSSR count). The van der Waals surface area contributed by atoms with Gasteiger partial charge in [-0.2, -0.15) is 0 Å². The fourth-order valence-electron chi connectivity index (χ4n) is 4.24. The Labute approximate surface area is 156 Å². The molecule has 0 radical (unpaired) electrons. The molecule has 5 heteroatoms. The van der Waals surface area contributed by atoms with Gasteiger partial charge in [0.2, 0.25) is 0 Å². The summed E-state index contributed by atoms with van der Waals surface area (Å²) >= 11 is 0. The van der Waals surface area contributed by atoms with Gasteiger partial charge in [0.1, 0.15) is 0 Å². The molecule has 0 amide bonds. The van der Waals surface area contributed by atoms with Gasteiger partial charge in [0.05, 0.1) is 12.1 Å². The minimum atomic E-state index is -0.801. The number of carboxylic acid groups (broad SMARTS) is 1. The van der Waals surface area contributed by atoms with Gasteiger partial charge >= 0.3 is 5.97 Å². The smallest absolute Gasteiger partial charge is 0.331 e. The van der Waals surface area contributed by atoms with Crippen molar-refractivity contribution in [1.82, 2.24) is 15.8 Å². The van der Waals surface area contributed by atoms with Crippen LogP contribution >= 0.6 is 0 Å². The molecule has 2 unspecified atom stereocenters. The monoisotopic (exact) mass is 357 g/mol. The van der Waals surface area contributed by atoms with Crippen LogP contribution < -0.4 is 10.7 Å². The van der Waals surface area contributed by atoms with Crippen LogP contribution in [0.3, 0.4) is 0 Å². The van der Waals surface area contributed by atoms with Crippen LogP contribution in [-0.2, 0) is 4.79 Å². The van der Waals surface area contributed by atoms with Crippen molar-refractivity contribution in [2.24, 2.45) is 5.92 Å². The summed E-state index contributed by atoms with van der Waals surface area (Å²) in [6.07, 6.45) is 8.45. The number of hydrazine groups is 1. The zero-order chi connectivity index (χ0) is 19.0. The van der Waals surface area contributed by atoms with Gasteiger partial charge in [0, 0.05) is 23.0 Å². The Hall–Kier alpha value is -2.01. The first-order valence-corrected chi connectivity index (χ1v) is 9.65. The third-order valence-corrected chi connectivity index (χ3v) is 5.56. The predicted octanol–water partition coefficient (Wildman–Crippen LogP) is 3.49. The van der Waals surface area contributed by atoms with Crippen molar-refractivity contribution in [3.8, 4) is 0 Å².